The molecule has 0 aromatic carbocycles. The van der Waals surface area contributed by atoms with Crippen LogP contribution in [0.5, 0.6) is 0 Å². The molecule has 0 aliphatic carbocycles. The molecule has 0 fully saturated rings. The third kappa shape index (κ3) is 33.9. The lowest BCUT2D eigenvalue weighted by Gasteiger charge is -2.21. The van der Waals surface area contributed by atoms with Crippen molar-refractivity contribution in [2.75, 3.05) is 13.2 Å². The Balaban J connectivity index is 3.94. The van der Waals surface area contributed by atoms with Gasteiger partial charge in [-0.2, -0.15) is 0 Å². The van der Waals surface area contributed by atoms with E-state index in [0.29, 0.717) is 6.42 Å². The zero-order valence-electron chi connectivity index (χ0n) is 28.5. The van der Waals surface area contributed by atoms with E-state index in [4.69, 9.17) is 14.4 Å². The molecule has 0 aromatic rings. The molecule has 0 amide bonds. The fourth-order valence-electron chi connectivity index (χ4n) is 5.37. The molecule has 0 spiro atoms. The first-order chi connectivity index (χ1) is 21.3. The van der Waals surface area contributed by atoms with Gasteiger partial charge >= 0.3 is 11.9 Å². The summed E-state index contributed by atoms with van der Waals surface area (Å²) >= 11 is 0. The number of esters is 2. The number of carbonyl (C=O) groups excluding carboxylic acids is 2. The summed E-state index contributed by atoms with van der Waals surface area (Å²) in [6.45, 7) is 3.59. The van der Waals surface area contributed by atoms with Gasteiger partial charge in [0.2, 0.25) is 0 Å². The van der Waals surface area contributed by atoms with Crippen molar-refractivity contribution in [3.63, 3.8) is 0 Å². The Hall–Kier alpha value is -0.950. The molecule has 0 aromatic heterocycles. The third-order valence-corrected chi connectivity index (χ3v) is 8.60. The number of rotatable bonds is 34. The van der Waals surface area contributed by atoms with Crippen molar-refractivity contribution in [2.45, 2.75) is 200 Å². The molecule has 1 unspecified atom stereocenters. The van der Waals surface area contributed by atoms with Crippen LogP contribution in [0.15, 0.2) is 0 Å². The van der Waals surface area contributed by atoms with Crippen LogP contribution < -0.4 is 4.89 Å². The van der Waals surface area contributed by atoms with Gasteiger partial charge in [-0.3, -0.25) is 14.2 Å². The molecule has 262 valence electrons. The predicted octanol–water partition coefficient (Wildman–Crippen LogP) is 9.88. The van der Waals surface area contributed by atoms with Gasteiger partial charge in [0.1, 0.15) is 6.61 Å². The SMILES string of the molecule is CCCCCCCCCCCCCCCC(=O)OC[C@@H](COP(=O)([O-])O)OC(=O)CCCCCCCCCCCCCCC. The van der Waals surface area contributed by atoms with Crippen molar-refractivity contribution in [1.29, 1.82) is 0 Å². The van der Waals surface area contributed by atoms with Crippen molar-refractivity contribution < 1.29 is 37.9 Å². The van der Waals surface area contributed by atoms with E-state index in [9.17, 15) is 19.0 Å². The first-order valence-electron chi connectivity index (χ1n) is 18.3. The summed E-state index contributed by atoms with van der Waals surface area (Å²) in [4.78, 5) is 44.4. The summed E-state index contributed by atoms with van der Waals surface area (Å²) < 4.78 is 26.0. The quantitative estimate of drug-likeness (QED) is 0.0416. The average molecular weight is 648 g/mol. The maximum Gasteiger partial charge on any atom is 0.306 e. The maximum atomic E-state index is 12.3. The summed E-state index contributed by atoms with van der Waals surface area (Å²) in [7, 11) is -4.99. The van der Waals surface area contributed by atoms with Gasteiger partial charge in [0, 0.05) is 12.8 Å². The molecular weight excluding hydrogens is 579 g/mol. The van der Waals surface area contributed by atoms with Crippen LogP contribution >= 0.6 is 7.82 Å². The fraction of sp³-hybridized carbons (Fsp3) is 0.943. The van der Waals surface area contributed by atoms with Crippen LogP contribution in [0.1, 0.15) is 194 Å². The van der Waals surface area contributed by atoms with Gasteiger partial charge in [-0.1, -0.05) is 168 Å². The molecule has 1 N–H and O–H groups in total. The van der Waals surface area contributed by atoms with E-state index >= 15 is 0 Å². The Morgan fingerprint density at radius 2 is 0.864 bits per heavy atom. The van der Waals surface area contributed by atoms with Gasteiger partial charge in [-0.15, -0.1) is 0 Å². The molecule has 0 rings (SSSR count). The first-order valence-corrected chi connectivity index (χ1v) is 19.8. The predicted molar refractivity (Wildman–Crippen MR) is 177 cm³/mol. The fourth-order valence-corrected chi connectivity index (χ4v) is 5.73. The Morgan fingerprint density at radius 3 is 1.20 bits per heavy atom. The van der Waals surface area contributed by atoms with E-state index in [2.05, 4.69) is 18.4 Å². The van der Waals surface area contributed by atoms with Crippen LogP contribution in [0.25, 0.3) is 0 Å². The molecule has 44 heavy (non-hydrogen) atoms. The summed E-state index contributed by atoms with van der Waals surface area (Å²) in [5.41, 5.74) is 0. The van der Waals surface area contributed by atoms with Gasteiger partial charge in [-0.25, -0.2) is 0 Å². The van der Waals surface area contributed by atoms with Crippen molar-refractivity contribution in [3.8, 4) is 0 Å². The highest BCUT2D eigenvalue weighted by atomic mass is 31.2. The number of unbranched alkanes of at least 4 members (excludes halogenated alkanes) is 24. The van der Waals surface area contributed by atoms with E-state index in [0.717, 1.165) is 38.5 Å². The highest BCUT2D eigenvalue weighted by Crippen LogP contribution is 2.30. The average Bonchev–Trinajstić information content (AvgIpc) is 2.98. The molecule has 0 radical (unpaired) electrons. The van der Waals surface area contributed by atoms with Crippen LogP contribution in [-0.2, 0) is 28.2 Å². The summed E-state index contributed by atoms with van der Waals surface area (Å²) in [5, 5.41) is 0. The lowest BCUT2D eigenvalue weighted by atomic mass is 10.0. The monoisotopic (exact) mass is 647 g/mol. The maximum absolute atomic E-state index is 12.3. The lowest BCUT2D eigenvalue weighted by molar-refractivity contribution is -0.223. The van der Waals surface area contributed by atoms with Gasteiger partial charge in [0.15, 0.2) is 6.10 Å². The van der Waals surface area contributed by atoms with Crippen LogP contribution in [0.2, 0.25) is 0 Å². The topological polar surface area (TPSA) is 122 Å². The molecule has 0 heterocycles. The van der Waals surface area contributed by atoms with Crippen molar-refractivity contribution >= 4 is 19.8 Å². The second kappa shape index (κ2) is 32.0. The summed E-state index contributed by atoms with van der Waals surface area (Å²) in [6, 6.07) is 0. The van der Waals surface area contributed by atoms with Crippen molar-refractivity contribution in [1.82, 2.24) is 0 Å². The standard InChI is InChI=1S/C35H69O8P/c1-3-5-7-9-11-13-15-17-19-21-23-25-27-29-34(36)41-31-33(32-42-44(38,39)40)43-35(37)30-28-26-24-22-20-18-16-14-12-10-8-6-4-2/h33H,3-32H2,1-2H3,(H2,38,39,40)/p-1/t33-/m0/s1. The van der Waals surface area contributed by atoms with Crippen molar-refractivity contribution in [2.24, 2.45) is 0 Å². The van der Waals surface area contributed by atoms with Crippen LogP contribution in [0.4, 0.5) is 0 Å². The van der Waals surface area contributed by atoms with Crippen LogP contribution in [0, 0.1) is 0 Å². The molecule has 0 saturated heterocycles. The molecule has 0 aliphatic heterocycles. The summed E-state index contributed by atoms with van der Waals surface area (Å²) in [5.74, 6) is -0.909. The Labute approximate surface area is 270 Å². The normalized spacial score (nSPS) is 13.5. The number of ether oxygens (including phenoxy) is 2. The number of hydrogen-bond acceptors (Lipinski definition) is 7. The van der Waals surface area contributed by atoms with Crippen LogP contribution in [0.3, 0.4) is 0 Å². The Kier molecular flexibility index (Phi) is 31.3. The zero-order chi connectivity index (χ0) is 32.6. The van der Waals surface area contributed by atoms with Crippen molar-refractivity contribution in [3.05, 3.63) is 0 Å². The van der Waals surface area contributed by atoms with Gasteiger partial charge in [0.05, 0.1) is 6.61 Å². The van der Waals surface area contributed by atoms with Crippen LogP contribution in [-0.4, -0.2) is 36.1 Å². The molecule has 0 bridgehead atoms. The zero-order valence-corrected chi connectivity index (χ0v) is 29.4. The van der Waals surface area contributed by atoms with E-state index < -0.39 is 32.5 Å². The minimum Gasteiger partial charge on any atom is -0.756 e. The summed E-state index contributed by atoms with van der Waals surface area (Å²) in [6.07, 6.45) is 30.8. The number of hydrogen-bond donors (Lipinski definition) is 1. The highest BCUT2D eigenvalue weighted by Gasteiger charge is 2.19. The Bertz CT molecular complexity index is 696. The van der Waals surface area contributed by atoms with Gasteiger partial charge in [-0.05, 0) is 12.8 Å². The molecular formula is C35H68O8P-. The second-order valence-corrected chi connectivity index (χ2v) is 13.7. The molecule has 0 saturated carbocycles. The van der Waals surface area contributed by atoms with Gasteiger partial charge in [0.25, 0.3) is 7.82 Å². The number of phosphoric acid groups is 1. The smallest absolute Gasteiger partial charge is 0.306 e. The lowest BCUT2D eigenvalue weighted by Crippen LogP contribution is -2.30. The number of carbonyl (C=O) groups is 2. The first kappa shape index (κ1) is 43.0. The minimum absolute atomic E-state index is 0.204. The van der Waals surface area contributed by atoms with E-state index in [1.54, 1.807) is 0 Å². The molecule has 0 aliphatic rings. The third-order valence-electron chi connectivity index (χ3n) is 8.12. The minimum atomic E-state index is -4.99. The van der Waals surface area contributed by atoms with Gasteiger partial charge < -0.3 is 23.8 Å². The van der Waals surface area contributed by atoms with E-state index in [1.807, 2.05) is 0 Å². The Morgan fingerprint density at radius 1 is 0.545 bits per heavy atom. The largest absolute Gasteiger partial charge is 0.756 e. The van der Waals surface area contributed by atoms with E-state index in [-0.39, 0.29) is 19.4 Å². The highest BCUT2D eigenvalue weighted by molar-refractivity contribution is 7.44. The number of phosphoric ester groups is 1. The van der Waals surface area contributed by atoms with E-state index in [1.165, 1.54) is 122 Å². The molecule has 2 atom stereocenters. The molecule has 9 heteroatoms. The second-order valence-electron chi connectivity index (χ2n) is 12.5. The molecule has 8 nitrogen and oxygen atoms in total.